The summed E-state index contributed by atoms with van der Waals surface area (Å²) in [6.45, 7) is 6.01. The summed E-state index contributed by atoms with van der Waals surface area (Å²) in [6.07, 6.45) is 0.898. The first-order valence-electron chi connectivity index (χ1n) is 8.99. The van der Waals surface area contributed by atoms with Crippen molar-refractivity contribution >= 4 is 5.69 Å². The third-order valence-electron chi connectivity index (χ3n) is 4.97. The van der Waals surface area contributed by atoms with Gasteiger partial charge in [-0.25, -0.2) is 0 Å². The van der Waals surface area contributed by atoms with Gasteiger partial charge in [0.05, 0.1) is 4.92 Å². The molecule has 3 aromatic rings. The molecule has 1 atom stereocenters. The fourth-order valence-corrected chi connectivity index (χ4v) is 3.58. The van der Waals surface area contributed by atoms with Crippen LogP contribution in [0.5, 0.6) is 5.75 Å². The average Bonchev–Trinajstić information content (AvgIpc) is 2.63. The molecule has 0 fully saturated rings. The van der Waals surface area contributed by atoms with E-state index in [4.69, 9.17) is 0 Å². The molecule has 4 nitrogen and oxygen atoms in total. The predicted octanol–water partition coefficient (Wildman–Crippen LogP) is 5.93. The summed E-state index contributed by atoms with van der Waals surface area (Å²) < 4.78 is 0. The molecule has 138 valence electrons. The zero-order chi connectivity index (χ0) is 19.6. The SMILES string of the molecule is Cc1cc([N+](=O)[O-])cc(C)c1-c1ccc(C(C)Cc2ccc(O)cc2)cc1. The van der Waals surface area contributed by atoms with Gasteiger partial charge >= 0.3 is 0 Å². The third-order valence-corrected chi connectivity index (χ3v) is 4.97. The second kappa shape index (κ2) is 7.62. The maximum absolute atomic E-state index is 11.0. The highest BCUT2D eigenvalue weighted by Crippen LogP contribution is 2.32. The lowest BCUT2D eigenvalue weighted by molar-refractivity contribution is -0.384. The standard InChI is InChI=1S/C23H23NO3/c1-15(12-18-4-10-22(25)11-5-18)19-6-8-20(9-7-19)23-16(2)13-21(24(26)27)14-17(23)3/h4-11,13-15,25H,12H2,1-3H3. The van der Waals surface area contributed by atoms with Gasteiger partial charge in [0.15, 0.2) is 0 Å². The molecule has 0 bridgehead atoms. The normalized spacial score (nSPS) is 12.0. The van der Waals surface area contributed by atoms with Crippen LogP contribution in [0.4, 0.5) is 5.69 Å². The zero-order valence-electron chi connectivity index (χ0n) is 15.8. The van der Waals surface area contributed by atoms with Gasteiger partial charge in [-0.05, 0) is 71.7 Å². The molecule has 0 aliphatic carbocycles. The monoisotopic (exact) mass is 361 g/mol. The summed E-state index contributed by atoms with van der Waals surface area (Å²) in [6, 6.07) is 19.0. The Balaban J connectivity index is 1.83. The van der Waals surface area contributed by atoms with E-state index in [0.29, 0.717) is 5.92 Å². The summed E-state index contributed by atoms with van der Waals surface area (Å²) >= 11 is 0. The van der Waals surface area contributed by atoms with Crippen LogP contribution < -0.4 is 0 Å². The highest BCUT2D eigenvalue weighted by molar-refractivity contribution is 5.72. The number of nitro benzene ring substituents is 1. The predicted molar refractivity (Wildman–Crippen MR) is 108 cm³/mol. The van der Waals surface area contributed by atoms with E-state index in [1.54, 1.807) is 24.3 Å². The summed E-state index contributed by atoms with van der Waals surface area (Å²) in [5.41, 5.74) is 6.50. The fraction of sp³-hybridized carbons (Fsp3) is 0.217. The molecule has 1 unspecified atom stereocenters. The highest BCUT2D eigenvalue weighted by atomic mass is 16.6. The van der Waals surface area contributed by atoms with Gasteiger partial charge in [-0.15, -0.1) is 0 Å². The Labute approximate surface area is 159 Å². The van der Waals surface area contributed by atoms with Crippen molar-refractivity contribution < 1.29 is 10.0 Å². The minimum atomic E-state index is -0.349. The van der Waals surface area contributed by atoms with Crippen molar-refractivity contribution in [1.82, 2.24) is 0 Å². The van der Waals surface area contributed by atoms with Crippen molar-refractivity contribution in [1.29, 1.82) is 0 Å². The quantitative estimate of drug-likeness (QED) is 0.452. The third kappa shape index (κ3) is 4.17. The first-order valence-corrected chi connectivity index (χ1v) is 8.99. The number of non-ortho nitro benzene ring substituents is 1. The lowest BCUT2D eigenvalue weighted by Gasteiger charge is -2.15. The van der Waals surface area contributed by atoms with Crippen LogP contribution in [0.25, 0.3) is 11.1 Å². The van der Waals surface area contributed by atoms with E-state index >= 15 is 0 Å². The van der Waals surface area contributed by atoms with E-state index < -0.39 is 0 Å². The van der Waals surface area contributed by atoms with Crippen molar-refractivity contribution in [3.63, 3.8) is 0 Å². The van der Waals surface area contributed by atoms with Gasteiger partial charge in [-0.1, -0.05) is 43.3 Å². The molecular weight excluding hydrogens is 338 g/mol. The molecule has 3 aromatic carbocycles. The highest BCUT2D eigenvalue weighted by Gasteiger charge is 2.14. The minimum absolute atomic E-state index is 0.132. The number of hydrogen-bond acceptors (Lipinski definition) is 3. The Morgan fingerprint density at radius 2 is 1.52 bits per heavy atom. The Bertz CT molecular complexity index is 937. The second-order valence-electron chi connectivity index (χ2n) is 7.11. The topological polar surface area (TPSA) is 63.4 Å². The van der Waals surface area contributed by atoms with Crippen molar-refractivity contribution in [2.45, 2.75) is 33.1 Å². The fourth-order valence-electron chi connectivity index (χ4n) is 3.58. The summed E-state index contributed by atoms with van der Waals surface area (Å²) in [5, 5.41) is 20.4. The number of phenols is 1. The van der Waals surface area contributed by atoms with E-state index in [1.807, 2.05) is 26.0 Å². The molecule has 4 heteroatoms. The van der Waals surface area contributed by atoms with E-state index in [2.05, 4.69) is 31.2 Å². The maximum Gasteiger partial charge on any atom is 0.269 e. The molecule has 27 heavy (non-hydrogen) atoms. The Morgan fingerprint density at radius 1 is 0.963 bits per heavy atom. The number of rotatable bonds is 5. The second-order valence-corrected chi connectivity index (χ2v) is 7.11. The molecule has 0 saturated heterocycles. The number of phenolic OH excluding ortho intramolecular Hbond substituents is 1. The smallest absolute Gasteiger partial charge is 0.269 e. The summed E-state index contributed by atoms with van der Waals surface area (Å²) in [7, 11) is 0. The van der Waals surface area contributed by atoms with Gasteiger partial charge in [-0.2, -0.15) is 0 Å². The van der Waals surface area contributed by atoms with Crippen LogP contribution in [0.2, 0.25) is 0 Å². The molecule has 0 heterocycles. The Morgan fingerprint density at radius 3 is 2.04 bits per heavy atom. The van der Waals surface area contributed by atoms with E-state index in [9.17, 15) is 15.2 Å². The Kier molecular flexibility index (Phi) is 5.26. The molecule has 0 saturated carbocycles. The number of benzene rings is 3. The first-order chi connectivity index (χ1) is 12.8. The minimum Gasteiger partial charge on any atom is -0.508 e. The van der Waals surface area contributed by atoms with Crippen molar-refractivity contribution in [3.8, 4) is 16.9 Å². The number of nitrogens with zero attached hydrogens (tertiary/aromatic N) is 1. The molecule has 0 radical (unpaired) electrons. The van der Waals surface area contributed by atoms with Gasteiger partial charge in [-0.3, -0.25) is 10.1 Å². The molecule has 3 rings (SSSR count). The zero-order valence-corrected chi connectivity index (χ0v) is 15.8. The first kappa shape index (κ1) is 18.6. The number of aromatic hydroxyl groups is 1. The number of hydrogen-bond donors (Lipinski definition) is 1. The van der Waals surface area contributed by atoms with Crippen LogP contribution in [0.3, 0.4) is 0 Å². The maximum atomic E-state index is 11.0. The molecule has 0 aliphatic rings. The van der Waals surface area contributed by atoms with Crippen LogP contribution in [0.1, 0.15) is 35.1 Å². The Hall–Kier alpha value is -3.14. The van der Waals surface area contributed by atoms with Gasteiger partial charge in [0.25, 0.3) is 5.69 Å². The molecular formula is C23H23NO3. The van der Waals surface area contributed by atoms with Crippen LogP contribution in [0, 0.1) is 24.0 Å². The molecule has 0 amide bonds. The van der Waals surface area contributed by atoms with Crippen LogP contribution in [0.15, 0.2) is 60.7 Å². The van der Waals surface area contributed by atoms with E-state index in [0.717, 1.165) is 28.7 Å². The lowest BCUT2D eigenvalue weighted by Crippen LogP contribution is -1.99. The number of nitro groups is 1. The van der Waals surface area contributed by atoms with E-state index in [1.165, 1.54) is 11.1 Å². The molecule has 0 spiro atoms. The van der Waals surface area contributed by atoms with Crippen molar-refractivity contribution in [2.24, 2.45) is 0 Å². The van der Waals surface area contributed by atoms with Gasteiger partial charge in [0.2, 0.25) is 0 Å². The molecule has 1 N–H and O–H groups in total. The van der Waals surface area contributed by atoms with Crippen LogP contribution in [-0.4, -0.2) is 10.0 Å². The van der Waals surface area contributed by atoms with Crippen molar-refractivity contribution in [2.75, 3.05) is 0 Å². The van der Waals surface area contributed by atoms with Gasteiger partial charge in [0, 0.05) is 12.1 Å². The lowest BCUT2D eigenvalue weighted by atomic mass is 9.90. The van der Waals surface area contributed by atoms with Gasteiger partial charge in [0.1, 0.15) is 5.75 Å². The molecule has 0 aliphatic heterocycles. The average molecular weight is 361 g/mol. The summed E-state index contributed by atoms with van der Waals surface area (Å²) in [4.78, 5) is 10.7. The molecule has 0 aromatic heterocycles. The summed E-state index contributed by atoms with van der Waals surface area (Å²) in [5.74, 6) is 0.632. The van der Waals surface area contributed by atoms with Crippen LogP contribution >= 0.6 is 0 Å². The van der Waals surface area contributed by atoms with Crippen LogP contribution in [-0.2, 0) is 6.42 Å². The van der Waals surface area contributed by atoms with Crippen molar-refractivity contribution in [3.05, 3.63) is 93.0 Å². The van der Waals surface area contributed by atoms with Gasteiger partial charge < -0.3 is 5.11 Å². The van der Waals surface area contributed by atoms with E-state index in [-0.39, 0.29) is 16.4 Å². The number of aryl methyl sites for hydroxylation is 2. The largest absolute Gasteiger partial charge is 0.508 e.